The fraction of sp³-hybridized carbons (Fsp3) is 0.500. The molecule has 1 fully saturated rings. The molecule has 0 saturated heterocycles. The third kappa shape index (κ3) is 3.39. The highest BCUT2D eigenvalue weighted by Crippen LogP contribution is 2.36. The minimum absolute atomic E-state index is 0.191. The zero-order valence-electron chi connectivity index (χ0n) is 12.5. The van der Waals surface area contributed by atoms with Gasteiger partial charge in [0.15, 0.2) is 0 Å². The molecular weight excluding hydrogens is 307 g/mol. The fourth-order valence-electron chi connectivity index (χ4n) is 3.14. The summed E-state index contributed by atoms with van der Waals surface area (Å²) in [4.78, 5) is 3.78. The number of nitrogens with one attached hydrogen (secondary N) is 1. The second-order valence-electron chi connectivity index (χ2n) is 5.95. The number of rotatable bonds is 3. The first kappa shape index (κ1) is 16.0. The molecule has 2 aromatic rings. The van der Waals surface area contributed by atoms with E-state index < -0.39 is 17.8 Å². The molecule has 0 aromatic carbocycles. The van der Waals surface area contributed by atoms with E-state index in [0.717, 1.165) is 43.6 Å². The van der Waals surface area contributed by atoms with E-state index in [4.69, 9.17) is 0 Å². The summed E-state index contributed by atoms with van der Waals surface area (Å²) >= 11 is 0. The van der Waals surface area contributed by atoms with Gasteiger partial charge < -0.3 is 5.11 Å². The summed E-state index contributed by atoms with van der Waals surface area (Å²) in [6.07, 6.45) is 2.32. The summed E-state index contributed by atoms with van der Waals surface area (Å²) in [7, 11) is 0. The van der Waals surface area contributed by atoms with Crippen LogP contribution in [-0.4, -0.2) is 20.3 Å². The Morgan fingerprint density at radius 1 is 1.13 bits per heavy atom. The van der Waals surface area contributed by atoms with E-state index in [1.54, 1.807) is 0 Å². The van der Waals surface area contributed by atoms with Crippen molar-refractivity contribution in [1.82, 2.24) is 15.2 Å². The van der Waals surface area contributed by atoms with Crippen molar-refractivity contribution >= 4 is 0 Å². The molecule has 124 valence electrons. The van der Waals surface area contributed by atoms with Crippen molar-refractivity contribution in [2.24, 2.45) is 0 Å². The summed E-state index contributed by atoms with van der Waals surface area (Å²) in [5.41, 5.74) is 0.840. The summed E-state index contributed by atoms with van der Waals surface area (Å²) in [6.45, 7) is 0. The number of hydrogen-bond acceptors (Lipinski definition) is 3. The van der Waals surface area contributed by atoms with E-state index in [2.05, 4.69) is 15.2 Å². The molecule has 1 saturated carbocycles. The minimum Gasteiger partial charge on any atom is -0.382 e. The highest BCUT2D eigenvalue weighted by molar-refractivity contribution is 5.31. The van der Waals surface area contributed by atoms with Gasteiger partial charge in [-0.05, 0) is 25.0 Å². The molecule has 2 N–H and O–H groups in total. The predicted molar refractivity (Wildman–Crippen MR) is 77.7 cm³/mol. The van der Waals surface area contributed by atoms with Gasteiger partial charge in [0, 0.05) is 23.4 Å². The molecular formula is C16H18F3N3O. The van der Waals surface area contributed by atoms with Crippen LogP contribution >= 0.6 is 0 Å². The number of nitrogens with zero attached hydrogens (tertiary/aromatic N) is 2. The zero-order chi connectivity index (χ0) is 16.4. The van der Waals surface area contributed by atoms with Gasteiger partial charge in [-0.2, -0.15) is 18.3 Å². The minimum atomic E-state index is -4.43. The number of alkyl halides is 3. The number of halogens is 3. The Morgan fingerprint density at radius 2 is 1.87 bits per heavy atom. The molecule has 1 unspecified atom stereocenters. The number of aromatic nitrogens is 3. The van der Waals surface area contributed by atoms with Gasteiger partial charge in [0.2, 0.25) is 0 Å². The van der Waals surface area contributed by atoms with Crippen molar-refractivity contribution in [2.45, 2.75) is 50.3 Å². The third-order valence-electron chi connectivity index (χ3n) is 4.40. The maximum Gasteiger partial charge on any atom is 0.417 e. The smallest absolute Gasteiger partial charge is 0.382 e. The first-order chi connectivity index (χ1) is 11.0. The van der Waals surface area contributed by atoms with Gasteiger partial charge in [-0.15, -0.1) is 0 Å². The van der Waals surface area contributed by atoms with E-state index in [9.17, 15) is 18.3 Å². The molecule has 0 bridgehead atoms. The maximum absolute atomic E-state index is 12.6. The molecule has 1 aliphatic carbocycles. The molecule has 23 heavy (non-hydrogen) atoms. The Bertz CT molecular complexity index is 645. The maximum atomic E-state index is 12.6. The molecule has 1 atom stereocenters. The molecule has 3 rings (SSSR count). The highest BCUT2D eigenvalue weighted by Gasteiger charge is 2.31. The van der Waals surface area contributed by atoms with Crippen LogP contribution in [0.1, 0.15) is 66.6 Å². The lowest BCUT2D eigenvalue weighted by atomic mass is 9.84. The summed E-state index contributed by atoms with van der Waals surface area (Å²) < 4.78 is 37.8. The lowest BCUT2D eigenvalue weighted by Gasteiger charge is -2.22. The van der Waals surface area contributed by atoms with Gasteiger partial charge in [0.25, 0.3) is 0 Å². The Balaban J connectivity index is 1.83. The monoisotopic (exact) mass is 325 g/mol. The van der Waals surface area contributed by atoms with Crippen molar-refractivity contribution in [1.29, 1.82) is 0 Å². The Morgan fingerprint density at radius 3 is 2.48 bits per heavy atom. The van der Waals surface area contributed by atoms with E-state index in [0.29, 0.717) is 11.5 Å². The van der Waals surface area contributed by atoms with Crippen LogP contribution in [-0.2, 0) is 6.18 Å². The number of H-pyrrole nitrogens is 1. The molecule has 0 amide bonds. The normalized spacial score (nSPS) is 18.1. The van der Waals surface area contributed by atoms with Gasteiger partial charge in [0.1, 0.15) is 6.10 Å². The summed E-state index contributed by atoms with van der Waals surface area (Å²) in [6, 6.07) is 2.15. The van der Waals surface area contributed by atoms with Crippen LogP contribution in [0.2, 0.25) is 0 Å². The predicted octanol–water partition coefficient (Wildman–Crippen LogP) is 3.95. The van der Waals surface area contributed by atoms with Crippen molar-refractivity contribution < 1.29 is 18.3 Å². The number of aliphatic hydroxyl groups excluding tert-OH is 1. The quantitative estimate of drug-likeness (QED) is 0.898. The Kier molecular flexibility index (Phi) is 4.39. The fourth-order valence-corrected chi connectivity index (χ4v) is 3.14. The number of aromatic amines is 1. The molecule has 2 heterocycles. The molecule has 0 spiro atoms. The van der Waals surface area contributed by atoms with E-state index in [1.165, 1.54) is 18.7 Å². The van der Waals surface area contributed by atoms with Gasteiger partial charge in [-0.3, -0.25) is 10.1 Å². The second-order valence-corrected chi connectivity index (χ2v) is 5.95. The second kappa shape index (κ2) is 6.31. The van der Waals surface area contributed by atoms with E-state index in [1.807, 2.05) is 0 Å². The molecule has 4 nitrogen and oxygen atoms in total. The topological polar surface area (TPSA) is 61.8 Å². The van der Waals surface area contributed by atoms with Gasteiger partial charge >= 0.3 is 6.18 Å². The van der Waals surface area contributed by atoms with Crippen LogP contribution in [0.15, 0.2) is 24.5 Å². The van der Waals surface area contributed by atoms with Crippen LogP contribution in [0.5, 0.6) is 0 Å². The highest BCUT2D eigenvalue weighted by atomic mass is 19.4. The average molecular weight is 325 g/mol. The summed E-state index contributed by atoms with van der Waals surface area (Å²) in [5, 5.41) is 17.4. The first-order valence-electron chi connectivity index (χ1n) is 7.71. The van der Waals surface area contributed by atoms with Gasteiger partial charge in [-0.1, -0.05) is 19.3 Å². The largest absolute Gasteiger partial charge is 0.417 e. The third-order valence-corrected chi connectivity index (χ3v) is 4.40. The molecule has 2 aromatic heterocycles. The molecule has 0 radical (unpaired) electrons. The van der Waals surface area contributed by atoms with Crippen LogP contribution in [0.3, 0.4) is 0 Å². The SMILES string of the molecule is OC(c1ccc(C(F)(F)F)cn1)c1cn[nH]c1C1CCCCC1. The van der Waals surface area contributed by atoms with Crippen molar-refractivity contribution in [3.05, 3.63) is 47.0 Å². The zero-order valence-corrected chi connectivity index (χ0v) is 12.5. The average Bonchev–Trinajstić information content (AvgIpc) is 3.04. The van der Waals surface area contributed by atoms with Crippen LogP contribution in [0.4, 0.5) is 13.2 Å². The first-order valence-corrected chi connectivity index (χ1v) is 7.71. The molecule has 0 aliphatic heterocycles. The van der Waals surface area contributed by atoms with Crippen molar-refractivity contribution in [3.63, 3.8) is 0 Å². The molecule has 1 aliphatic rings. The number of aliphatic hydroxyl groups is 1. The van der Waals surface area contributed by atoms with Crippen molar-refractivity contribution in [2.75, 3.05) is 0 Å². The Labute approximate surface area is 131 Å². The van der Waals surface area contributed by atoms with E-state index >= 15 is 0 Å². The Hall–Kier alpha value is -1.89. The lowest BCUT2D eigenvalue weighted by Crippen LogP contribution is -2.11. The summed E-state index contributed by atoms with van der Waals surface area (Å²) in [5.74, 6) is 0.311. The van der Waals surface area contributed by atoms with Gasteiger partial charge in [0.05, 0.1) is 17.5 Å². The van der Waals surface area contributed by atoms with Gasteiger partial charge in [-0.25, -0.2) is 0 Å². The van der Waals surface area contributed by atoms with Crippen molar-refractivity contribution in [3.8, 4) is 0 Å². The van der Waals surface area contributed by atoms with Crippen LogP contribution < -0.4 is 0 Å². The number of hydrogen-bond donors (Lipinski definition) is 2. The van der Waals surface area contributed by atoms with Crippen LogP contribution in [0, 0.1) is 0 Å². The lowest BCUT2D eigenvalue weighted by molar-refractivity contribution is -0.137. The number of pyridine rings is 1. The van der Waals surface area contributed by atoms with E-state index in [-0.39, 0.29) is 5.69 Å². The molecule has 7 heteroatoms. The standard InChI is InChI=1S/C16H18F3N3O/c17-16(18,19)11-6-7-13(20-8-11)15(23)12-9-21-22-14(12)10-4-2-1-3-5-10/h6-10,15,23H,1-5H2,(H,21,22). The van der Waals surface area contributed by atoms with Crippen LogP contribution in [0.25, 0.3) is 0 Å².